The fourth-order valence-corrected chi connectivity index (χ4v) is 1.47. The van der Waals surface area contributed by atoms with Gasteiger partial charge in [0.1, 0.15) is 0 Å². The van der Waals surface area contributed by atoms with Crippen molar-refractivity contribution < 1.29 is 0 Å². The standard InChI is InChI=1S/C10H12N/c1-9-7-8-11(9)10-5-3-2-4-6-10/h3-6,9H,7-8H2,1H3. The van der Waals surface area contributed by atoms with Crippen LogP contribution in [0.5, 0.6) is 0 Å². The minimum atomic E-state index is 0.734. The van der Waals surface area contributed by atoms with E-state index in [-0.39, 0.29) is 0 Å². The van der Waals surface area contributed by atoms with Gasteiger partial charge in [0.05, 0.1) is 0 Å². The number of benzene rings is 1. The molecule has 0 spiro atoms. The van der Waals surface area contributed by atoms with Crippen LogP contribution in [0.25, 0.3) is 0 Å². The zero-order valence-electron chi connectivity index (χ0n) is 6.75. The smallest absolute Gasteiger partial charge is 0.0369 e. The van der Waals surface area contributed by atoms with Crippen LogP contribution in [0.15, 0.2) is 24.3 Å². The molecule has 1 fully saturated rings. The first-order valence-electron chi connectivity index (χ1n) is 4.10. The Morgan fingerprint density at radius 2 is 2.18 bits per heavy atom. The molecule has 1 aromatic carbocycles. The predicted molar refractivity (Wildman–Crippen MR) is 46.7 cm³/mol. The Balaban J connectivity index is 2.17. The Hall–Kier alpha value is -0.980. The molecule has 1 heterocycles. The fraction of sp³-hybridized carbons (Fsp3) is 0.400. The van der Waals surface area contributed by atoms with E-state index in [4.69, 9.17) is 0 Å². The normalized spacial score (nSPS) is 23.0. The molecule has 1 nitrogen and oxygen atoms in total. The van der Waals surface area contributed by atoms with Crippen LogP contribution in [0.3, 0.4) is 0 Å². The molecule has 11 heavy (non-hydrogen) atoms. The summed E-state index contributed by atoms with van der Waals surface area (Å²) in [6.45, 7) is 3.48. The van der Waals surface area contributed by atoms with E-state index in [9.17, 15) is 0 Å². The molecule has 0 amide bonds. The molecule has 0 bridgehead atoms. The first-order valence-corrected chi connectivity index (χ1v) is 4.10. The van der Waals surface area contributed by atoms with Crippen molar-refractivity contribution in [2.24, 2.45) is 0 Å². The number of rotatable bonds is 1. The maximum atomic E-state index is 3.02. The lowest BCUT2D eigenvalue weighted by Gasteiger charge is -2.40. The maximum absolute atomic E-state index is 3.02. The summed E-state index contributed by atoms with van der Waals surface area (Å²) < 4.78 is 0. The largest absolute Gasteiger partial charge is 0.369 e. The van der Waals surface area contributed by atoms with E-state index >= 15 is 0 Å². The van der Waals surface area contributed by atoms with Crippen LogP contribution in [-0.4, -0.2) is 12.6 Å². The third kappa shape index (κ3) is 1.11. The molecule has 1 aliphatic heterocycles. The molecule has 0 N–H and O–H groups in total. The van der Waals surface area contributed by atoms with E-state index in [1.54, 1.807) is 0 Å². The van der Waals surface area contributed by atoms with E-state index < -0.39 is 0 Å². The zero-order chi connectivity index (χ0) is 7.68. The molecular formula is C10H12N. The molecule has 2 rings (SSSR count). The summed E-state index contributed by atoms with van der Waals surface area (Å²) in [5.41, 5.74) is 1.34. The summed E-state index contributed by atoms with van der Waals surface area (Å²) in [7, 11) is 0. The Bertz CT molecular complexity index is 230. The molecular weight excluding hydrogens is 134 g/mol. The Kier molecular flexibility index (Phi) is 1.57. The molecule has 1 saturated heterocycles. The second-order valence-electron chi connectivity index (χ2n) is 3.09. The zero-order valence-corrected chi connectivity index (χ0v) is 6.75. The monoisotopic (exact) mass is 146 g/mol. The summed E-state index contributed by atoms with van der Waals surface area (Å²) in [6.07, 6.45) is 1.33. The highest BCUT2D eigenvalue weighted by molar-refractivity contribution is 5.48. The van der Waals surface area contributed by atoms with Crippen molar-refractivity contribution in [3.63, 3.8) is 0 Å². The highest BCUT2D eigenvalue weighted by Crippen LogP contribution is 2.24. The van der Waals surface area contributed by atoms with Gasteiger partial charge in [0.15, 0.2) is 0 Å². The van der Waals surface area contributed by atoms with E-state index in [0.717, 1.165) is 6.04 Å². The predicted octanol–water partition coefficient (Wildman–Crippen LogP) is 2.09. The van der Waals surface area contributed by atoms with Crippen molar-refractivity contribution >= 4 is 5.69 Å². The molecule has 1 unspecified atom stereocenters. The van der Waals surface area contributed by atoms with Crippen molar-refractivity contribution in [2.45, 2.75) is 19.4 Å². The van der Waals surface area contributed by atoms with Crippen LogP contribution in [0.4, 0.5) is 5.69 Å². The SMILES string of the molecule is CC1CCN1c1cc[c]cc1. The number of nitrogens with zero attached hydrogens (tertiary/aromatic N) is 1. The number of anilines is 1. The highest BCUT2D eigenvalue weighted by atomic mass is 15.2. The fourth-order valence-electron chi connectivity index (χ4n) is 1.47. The van der Waals surface area contributed by atoms with Crippen LogP contribution in [0.2, 0.25) is 0 Å². The van der Waals surface area contributed by atoms with Gasteiger partial charge in [-0.1, -0.05) is 12.1 Å². The molecule has 57 valence electrons. The Morgan fingerprint density at radius 1 is 1.45 bits per heavy atom. The maximum Gasteiger partial charge on any atom is 0.0369 e. The lowest BCUT2D eigenvalue weighted by atomic mass is 10.0. The molecule has 1 aliphatic rings. The van der Waals surface area contributed by atoms with Crippen molar-refractivity contribution in [3.8, 4) is 0 Å². The molecule has 1 atom stereocenters. The Labute approximate surface area is 67.6 Å². The first-order chi connectivity index (χ1) is 5.38. The van der Waals surface area contributed by atoms with Gasteiger partial charge in [-0.15, -0.1) is 0 Å². The van der Waals surface area contributed by atoms with Gasteiger partial charge in [-0.3, -0.25) is 0 Å². The van der Waals surface area contributed by atoms with Crippen molar-refractivity contribution in [1.29, 1.82) is 0 Å². The van der Waals surface area contributed by atoms with Crippen LogP contribution in [0.1, 0.15) is 13.3 Å². The van der Waals surface area contributed by atoms with Gasteiger partial charge in [-0.2, -0.15) is 0 Å². The summed E-state index contributed by atoms with van der Waals surface area (Å²) in [4.78, 5) is 2.41. The van der Waals surface area contributed by atoms with Crippen molar-refractivity contribution in [1.82, 2.24) is 0 Å². The van der Waals surface area contributed by atoms with Crippen LogP contribution < -0.4 is 4.90 Å². The van der Waals surface area contributed by atoms with Gasteiger partial charge in [-0.25, -0.2) is 0 Å². The second-order valence-corrected chi connectivity index (χ2v) is 3.09. The van der Waals surface area contributed by atoms with Crippen LogP contribution in [0, 0.1) is 6.07 Å². The van der Waals surface area contributed by atoms with E-state index in [2.05, 4.69) is 30.0 Å². The van der Waals surface area contributed by atoms with Gasteiger partial charge in [0.25, 0.3) is 0 Å². The highest BCUT2D eigenvalue weighted by Gasteiger charge is 2.22. The van der Waals surface area contributed by atoms with Crippen molar-refractivity contribution in [3.05, 3.63) is 30.3 Å². The average molecular weight is 146 g/mol. The summed E-state index contributed by atoms with van der Waals surface area (Å²) in [5, 5.41) is 0. The van der Waals surface area contributed by atoms with Gasteiger partial charge < -0.3 is 4.90 Å². The minimum Gasteiger partial charge on any atom is -0.369 e. The third-order valence-electron chi connectivity index (χ3n) is 2.35. The van der Waals surface area contributed by atoms with E-state index in [0.29, 0.717) is 0 Å². The van der Waals surface area contributed by atoms with Gasteiger partial charge in [0.2, 0.25) is 0 Å². The number of hydrogen-bond donors (Lipinski definition) is 0. The lowest BCUT2D eigenvalue weighted by molar-refractivity contribution is 0.481. The summed E-state index contributed by atoms with van der Waals surface area (Å²) in [6, 6.07) is 11.9. The molecule has 0 saturated carbocycles. The summed E-state index contributed by atoms with van der Waals surface area (Å²) in [5.74, 6) is 0. The number of hydrogen-bond acceptors (Lipinski definition) is 1. The molecule has 1 aromatic rings. The van der Waals surface area contributed by atoms with Gasteiger partial charge in [-0.05, 0) is 31.5 Å². The lowest BCUT2D eigenvalue weighted by Crippen LogP contribution is -2.45. The molecule has 1 radical (unpaired) electrons. The molecule has 1 heteroatoms. The van der Waals surface area contributed by atoms with Crippen LogP contribution >= 0.6 is 0 Å². The van der Waals surface area contributed by atoms with Gasteiger partial charge in [0, 0.05) is 18.3 Å². The second kappa shape index (κ2) is 2.57. The Morgan fingerprint density at radius 3 is 2.64 bits per heavy atom. The van der Waals surface area contributed by atoms with Gasteiger partial charge >= 0.3 is 0 Å². The topological polar surface area (TPSA) is 3.24 Å². The minimum absolute atomic E-state index is 0.734. The average Bonchev–Trinajstić information content (AvgIpc) is 2.04. The summed E-state index contributed by atoms with van der Waals surface area (Å²) >= 11 is 0. The third-order valence-corrected chi connectivity index (χ3v) is 2.35. The van der Waals surface area contributed by atoms with E-state index in [1.165, 1.54) is 18.7 Å². The van der Waals surface area contributed by atoms with Crippen molar-refractivity contribution in [2.75, 3.05) is 11.4 Å². The first kappa shape index (κ1) is 6.71. The van der Waals surface area contributed by atoms with E-state index in [1.807, 2.05) is 12.1 Å². The van der Waals surface area contributed by atoms with Crippen LogP contribution in [-0.2, 0) is 0 Å². The molecule has 0 aliphatic carbocycles. The molecule has 0 aromatic heterocycles. The quantitative estimate of drug-likeness (QED) is 0.586.